The maximum atomic E-state index is 14.1. The van der Waals surface area contributed by atoms with Gasteiger partial charge in [0.2, 0.25) is 0 Å². The van der Waals surface area contributed by atoms with Crippen LogP contribution in [0.5, 0.6) is 0 Å². The zero-order chi connectivity index (χ0) is 16.1. The molecule has 3 aromatic carbocycles. The van der Waals surface area contributed by atoms with Gasteiger partial charge < -0.3 is 5.32 Å². The molecule has 0 heterocycles. The molecule has 0 aliphatic heterocycles. The smallest absolute Gasteiger partial charge is 0.146 e. The van der Waals surface area contributed by atoms with E-state index in [1.165, 1.54) is 11.6 Å². The van der Waals surface area contributed by atoms with Gasteiger partial charge in [0.05, 0.1) is 11.7 Å². The molecule has 0 saturated carbocycles. The molecular formula is C21H20FN. The molecule has 0 aromatic heterocycles. The van der Waals surface area contributed by atoms with Crippen LogP contribution in [0.3, 0.4) is 0 Å². The number of hydrogen-bond donors (Lipinski definition) is 1. The van der Waals surface area contributed by atoms with Crippen LogP contribution < -0.4 is 5.32 Å². The standard InChI is InChI=1S/C21H20FN/c1-16-12-13-19(22)21(14-16)23-20(18-10-6-3-7-11-18)15-17-8-4-2-5-9-17/h2-14,20,23H,15H2,1H3. The van der Waals surface area contributed by atoms with E-state index in [2.05, 4.69) is 29.6 Å². The van der Waals surface area contributed by atoms with Gasteiger partial charge in [0, 0.05) is 0 Å². The first-order chi connectivity index (χ1) is 11.2. The summed E-state index contributed by atoms with van der Waals surface area (Å²) in [5.74, 6) is -0.218. The largest absolute Gasteiger partial charge is 0.376 e. The van der Waals surface area contributed by atoms with E-state index in [1.807, 2.05) is 49.4 Å². The van der Waals surface area contributed by atoms with Crippen LogP contribution >= 0.6 is 0 Å². The van der Waals surface area contributed by atoms with Gasteiger partial charge in [-0.25, -0.2) is 4.39 Å². The van der Waals surface area contributed by atoms with Gasteiger partial charge >= 0.3 is 0 Å². The molecule has 0 spiro atoms. The van der Waals surface area contributed by atoms with Crippen LogP contribution in [0, 0.1) is 12.7 Å². The van der Waals surface area contributed by atoms with Crippen molar-refractivity contribution in [2.45, 2.75) is 19.4 Å². The molecule has 1 nitrogen and oxygen atoms in total. The molecule has 0 amide bonds. The van der Waals surface area contributed by atoms with Gasteiger partial charge in [0.25, 0.3) is 0 Å². The Labute approximate surface area is 136 Å². The van der Waals surface area contributed by atoms with Crippen LogP contribution in [0.4, 0.5) is 10.1 Å². The number of rotatable bonds is 5. The molecule has 3 aromatic rings. The third-order valence-electron chi connectivity index (χ3n) is 3.94. The van der Waals surface area contributed by atoms with Crippen molar-refractivity contribution in [2.75, 3.05) is 5.32 Å². The average Bonchev–Trinajstić information content (AvgIpc) is 2.59. The quantitative estimate of drug-likeness (QED) is 0.653. The van der Waals surface area contributed by atoms with Crippen molar-refractivity contribution < 1.29 is 4.39 Å². The van der Waals surface area contributed by atoms with Crippen molar-refractivity contribution in [1.29, 1.82) is 0 Å². The Bertz CT molecular complexity index is 753. The third kappa shape index (κ3) is 3.98. The molecule has 0 aliphatic rings. The second-order valence-corrected chi connectivity index (χ2v) is 5.78. The van der Waals surface area contributed by atoms with Crippen molar-refractivity contribution in [1.82, 2.24) is 0 Å². The van der Waals surface area contributed by atoms with E-state index in [0.29, 0.717) is 5.69 Å². The van der Waals surface area contributed by atoms with E-state index in [0.717, 1.165) is 17.5 Å². The number of nitrogens with one attached hydrogen (secondary N) is 1. The molecule has 1 atom stereocenters. The van der Waals surface area contributed by atoms with Crippen LogP contribution in [0.2, 0.25) is 0 Å². The number of aryl methyl sites for hydroxylation is 1. The molecule has 0 bridgehead atoms. The van der Waals surface area contributed by atoms with Crippen LogP contribution in [-0.2, 0) is 6.42 Å². The highest BCUT2D eigenvalue weighted by Gasteiger charge is 2.14. The van der Waals surface area contributed by atoms with Crippen LogP contribution in [0.1, 0.15) is 22.7 Å². The average molecular weight is 305 g/mol. The summed E-state index contributed by atoms with van der Waals surface area (Å²) in [6.45, 7) is 1.97. The first kappa shape index (κ1) is 15.3. The van der Waals surface area contributed by atoms with E-state index >= 15 is 0 Å². The number of anilines is 1. The zero-order valence-electron chi connectivity index (χ0n) is 13.2. The van der Waals surface area contributed by atoms with Crippen LogP contribution in [0.15, 0.2) is 78.9 Å². The van der Waals surface area contributed by atoms with Gasteiger partial charge in [-0.05, 0) is 42.2 Å². The molecule has 0 fully saturated rings. The SMILES string of the molecule is Cc1ccc(F)c(NC(Cc2ccccc2)c2ccccc2)c1. The van der Waals surface area contributed by atoms with Gasteiger partial charge in [0.15, 0.2) is 0 Å². The lowest BCUT2D eigenvalue weighted by Gasteiger charge is -2.21. The second kappa shape index (κ2) is 7.10. The lowest BCUT2D eigenvalue weighted by atomic mass is 9.98. The van der Waals surface area contributed by atoms with Crippen molar-refractivity contribution in [3.63, 3.8) is 0 Å². The molecule has 2 heteroatoms. The van der Waals surface area contributed by atoms with E-state index in [1.54, 1.807) is 6.07 Å². The number of benzene rings is 3. The summed E-state index contributed by atoms with van der Waals surface area (Å²) < 4.78 is 14.1. The van der Waals surface area contributed by atoms with Crippen LogP contribution in [-0.4, -0.2) is 0 Å². The highest BCUT2D eigenvalue weighted by Crippen LogP contribution is 2.26. The Kier molecular flexibility index (Phi) is 4.72. The molecule has 0 aliphatic carbocycles. The minimum absolute atomic E-state index is 0.0231. The fourth-order valence-electron chi connectivity index (χ4n) is 2.72. The van der Waals surface area contributed by atoms with Crippen molar-refractivity contribution in [3.8, 4) is 0 Å². The summed E-state index contributed by atoms with van der Waals surface area (Å²) in [5.41, 5.74) is 3.97. The molecule has 0 saturated heterocycles. The fourth-order valence-corrected chi connectivity index (χ4v) is 2.72. The van der Waals surface area contributed by atoms with Gasteiger partial charge in [-0.2, -0.15) is 0 Å². The Hall–Kier alpha value is -2.61. The predicted octanol–water partition coefficient (Wildman–Crippen LogP) is 5.53. The van der Waals surface area contributed by atoms with Crippen molar-refractivity contribution in [2.24, 2.45) is 0 Å². The molecule has 1 unspecified atom stereocenters. The van der Waals surface area contributed by atoms with Gasteiger partial charge in [-0.15, -0.1) is 0 Å². The highest BCUT2D eigenvalue weighted by molar-refractivity contribution is 5.49. The zero-order valence-corrected chi connectivity index (χ0v) is 13.2. The lowest BCUT2D eigenvalue weighted by molar-refractivity contribution is 0.624. The minimum Gasteiger partial charge on any atom is -0.376 e. The Morgan fingerprint density at radius 2 is 1.52 bits per heavy atom. The molecule has 23 heavy (non-hydrogen) atoms. The predicted molar refractivity (Wildman–Crippen MR) is 94.1 cm³/mol. The summed E-state index contributed by atoms with van der Waals surface area (Å²) in [6.07, 6.45) is 0.804. The normalized spacial score (nSPS) is 11.9. The summed E-state index contributed by atoms with van der Waals surface area (Å²) in [4.78, 5) is 0. The van der Waals surface area contributed by atoms with E-state index < -0.39 is 0 Å². The highest BCUT2D eigenvalue weighted by atomic mass is 19.1. The maximum absolute atomic E-state index is 14.1. The van der Waals surface area contributed by atoms with Crippen molar-refractivity contribution in [3.05, 3.63) is 101 Å². The van der Waals surface area contributed by atoms with Gasteiger partial charge in [-0.3, -0.25) is 0 Å². The molecule has 3 rings (SSSR count). The first-order valence-corrected chi connectivity index (χ1v) is 7.84. The summed E-state index contributed by atoms with van der Waals surface area (Å²) in [5, 5.41) is 3.38. The number of halogens is 1. The Morgan fingerprint density at radius 3 is 2.22 bits per heavy atom. The topological polar surface area (TPSA) is 12.0 Å². The third-order valence-corrected chi connectivity index (χ3v) is 3.94. The van der Waals surface area contributed by atoms with E-state index in [4.69, 9.17) is 0 Å². The number of hydrogen-bond acceptors (Lipinski definition) is 1. The van der Waals surface area contributed by atoms with Crippen LogP contribution in [0.25, 0.3) is 0 Å². The summed E-state index contributed by atoms with van der Waals surface area (Å²) >= 11 is 0. The maximum Gasteiger partial charge on any atom is 0.146 e. The Morgan fingerprint density at radius 1 is 0.870 bits per heavy atom. The van der Waals surface area contributed by atoms with Gasteiger partial charge in [-0.1, -0.05) is 66.7 Å². The molecule has 116 valence electrons. The lowest BCUT2D eigenvalue weighted by Crippen LogP contribution is -2.14. The molecule has 0 radical (unpaired) electrons. The summed E-state index contributed by atoms with van der Waals surface area (Å²) in [7, 11) is 0. The molecule has 1 N–H and O–H groups in total. The molecular weight excluding hydrogens is 285 g/mol. The monoisotopic (exact) mass is 305 g/mol. The minimum atomic E-state index is -0.218. The summed E-state index contributed by atoms with van der Waals surface area (Å²) in [6, 6.07) is 25.6. The van der Waals surface area contributed by atoms with Crippen molar-refractivity contribution >= 4 is 5.69 Å². The van der Waals surface area contributed by atoms with E-state index in [-0.39, 0.29) is 11.9 Å². The fraction of sp³-hybridized carbons (Fsp3) is 0.143. The Balaban J connectivity index is 1.90. The van der Waals surface area contributed by atoms with E-state index in [9.17, 15) is 4.39 Å². The van der Waals surface area contributed by atoms with Gasteiger partial charge in [0.1, 0.15) is 5.82 Å². The first-order valence-electron chi connectivity index (χ1n) is 7.84. The second-order valence-electron chi connectivity index (χ2n) is 5.78.